The molecule has 2 aliphatic heterocycles. The maximum Gasteiger partial charge on any atom is 0.408 e. The van der Waals surface area contributed by atoms with Gasteiger partial charge < -0.3 is 9.67 Å². The second-order valence-corrected chi connectivity index (χ2v) is 8.23. The van der Waals surface area contributed by atoms with Crippen LogP contribution in [0.5, 0.6) is 0 Å². The molecule has 5 rings (SSSR count). The second-order valence-electron chi connectivity index (χ2n) is 8.23. The van der Waals surface area contributed by atoms with Crippen molar-refractivity contribution in [2.24, 2.45) is 0 Å². The molecule has 28 heavy (non-hydrogen) atoms. The Hall–Kier alpha value is -2.82. The van der Waals surface area contributed by atoms with Crippen LogP contribution in [0, 0.1) is 13.8 Å². The van der Waals surface area contributed by atoms with Crippen LogP contribution in [0.2, 0.25) is 0 Å². The monoisotopic (exact) mass is 375 g/mol. The summed E-state index contributed by atoms with van der Waals surface area (Å²) in [5.41, 5.74) is 7.31. The third-order valence-electron chi connectivity index (χ3n) is 6.45. The van der Waals surface area contributed by atoms with Gasteiger partial charge in [-0.25, -0.2) is 4.79 Å². The quantitative estimate of drug-likeness (QED) is 0.726. The first kappa shape index (κ1) is 17.3. The van der Waals surface area contributed by atoms with Crippen LogP contribution in [0.25, 0.3) is 10.9 Å². The maximum atomic E-state index is 11.9. The molecular formula is C23H25N3O2. The maximum absolute atomic E-state index is 11.9. The molecule has 2 aromatic heterocycles. The van der Waals surface area contributed by atoms with Gasteiger partial charge in [-0.3, -0.25) is 9.88 Å². The van der Waals surface area contributed by atoms with Gasteiger partial charge in [0.05, 0.1) is 6.04 Å². The lowest BCUT2D eigenvalue weighted by Gasteiger charge is -2.33. The number of fused-ring (bicyclic) bond motifs is 6. The van der Waals surface area contributed by atoms with Gasteiger partial charge in [-0.1, -0.05) is 17.7 Å². The molecule has 1 saturated heterocycles. The molecule has 2 aliphatic rings. The number of carbonyl (C=O) groups is 1. The minimum absolute atomic E-state index is 0.00200. The van der Waals surface area contributed by atoms with E-state index in [0.717, 1.165) is 37.9 Å². The number of hydrogen-bond donors (Lipinski definition) is 1. The summed E-state index contributed by atoms with van der Waals surface area (Å²) in [6.45, 7) is 5.01. The molecule has 1 amide bonds. The van der Waals surface area contributed by atoms with Gasteiger partial charge in [0.15, 0.2) is 0 Å². The summed E-state index contributed by atoms with van der Waals surface area (Å²) in [5.74, 6) is 0. The van der Waals surface area contributed by atoms with Crippen LogP contribution in [-0.2, 0) is 19.4 Å². The molecule has 3 aromatic rings. The highest BCUT2D eigenvalue weighted by Crippen LogP contribution is 2.47. The zero-order chi connectivity index (χ0) is 19.4. The highest BCUT2D eigenvalue weighted by Gasteiger charge is 2.45. The smallest absolute Gasteiger partial charge is 0.408 e. The number of aromatic nitrogens is 2. The summed E-state index contributed by atoms with van der Waals surface area (Å²) in [7, 11) is 0. The number of hydrogen-bond acceptors (Lipinski definition) is 2. The first-order valence-electron chi connectivity index (χ1n) is 10.1. The van der Waals surface area contributed by atoms with Gasteiger partial charge in [-0.05, 0) is 56.9 Å². The zero-order valence-corrected chi connectivity index (χ0v) is 16.4. The van der Waals surface area contributed by atoms with Gasteiger partial charge in [-0.15, -0.1) is 0 Å². The van der Waals surface area contributed by atoms with E-state index in [1.54, 1.807) is 4.90 Å². The molecule has 4 heterocycles. The van der Waals surface area contributed by atoms with Gasteiger partial charge in [0, 0.05) is 53.1 Å². The van der Waals surface area contributed by atoms with Crippen LogP contribution in [-0.4, -0.2) is 31.7 Å². The van der Waals surface area contributed by atoms with E-state index in [4.69, 9.17) is 0 Å². The minimum Gasteiger partial charge on any atom is -0.465 e. The van der Waals surface area contributed by atoms with Crippen molar-refractivity contribution in [3.8, 4) is 0 Å². The molecule has 0 aliphatic carbocycles. The van der Waals surface area contributed by atoms with Crippen molar-refractivity contribution < 1.29 is 9.90 Å². The van der Waals surface area contributed by atoms with E-state index >= 15 is 0 Å². The number of carboxylic acid groups (broad SMARTS) is 1. The molecule has 2 bridgehead atoms. The summed E-state index contributed by atoms with van der Waals surface area (Å²) in [4.78, 5) is 18.0. The van der Waals surface area contributed by atoms with E-state index in [-0.39, 0.29) is 12.1 Å². The normalized spacial score (nSPS) is 20.6. The van der Waals surface area contributed by atoms with Crippen molar-refractivity contribution in [3.05, 3.63) is 64.6 Å². The van der Waals surface area contributed by atoms with Crippen molar-refractivity contribution >= 4 is 17.0 Å². The molecule has 1 N–H and O–H groups in total. The topological polar surface area (TPSA) is 58.4 Å². The number of pyridine rings is 1. The van der Waals surface area contributed by atoms with Crippen molar-refractivity contribution in [1.82, 2.24) is 14.5 Å². The summed E-state index contributed by atoms with van der Waals surface area (Å²) in [6, 6.07) is 10.9. The average Bonchev–Trinajstić information content (AvgIpc) is 3.15. The fourth-order valence-electron chi connectivity index (χ4n) is 5.16. The predicted molar refractivity (Wildman–Crippen MR) is 109 cm³/mol. The van der Waals surface area contributed by atoms with Crippen molar-refractivity contribution in [2.45, 2.75) is 58.2 Å². The summed E-state index contributed by atoms with van der Waals surface area (Å²) in [6.07, 6.45) is 4.82. The van der Waals surface area contributed by atoms with Gasteiger partial charge in [0.2, 0.25) is 0 Å². The Labute approximate surface area is 164 Å². The first-order chi connectivity index (χ1) is 13.5. The van der Waals surface area contributed by atoms with E-state index in [1.807, 2.05) is 13.1 Å². The van der Waals surface area contributed by atoms with Crippen molar-refractivity contribution in [2.75, 3.05) is 0 Å². The Balaban J connectivity index is 1.60. The van der Waals surface area contributed by atoms with Crippen molar-refractivity contribution in [3.63, 3.8) is 0 Å². The molecule has 0 unspecified atom stereocenters. The Kier molecular flexibility index (Phi) is 3.93. The van der Waals surface area contributed by atoms with Crippen LogP contribution < -0.4 is 0 Å². The molecule has 5 heteroatoms. The highest BCUT2D eigenvalue weighted by molar-refractivity contribution is 5.88. The largest absolute Gasteiger partial charge is 0.465 e. The molecule has 2 atom stereocenters. The number of aryl methyl sites for hydroxylation is 4. The highest BCUT2D eigenvalue weighted by atomic mass is 16.4. The van der Waals surface area contributed by atoms with E-state index in [2.05, 4.69) is 46.8 Å². The Morgan fingerprint density at radius 1 is 1.21 bits per heavy atom. The molecule has 144 valence electrons. The standard InChI is InChI=1S/C23H25N3O2/c1-14-3-7-19-18(11-14)22-20-8-6-17(26(20)23(27)28)12-21(22)25(19)10-9-16-5-4-15(2)24-13-16/h3-5,7,11,13,17,20H,6,8-10,12H2,1-2H3,(H,27,28)/t17-,20+/m1/s1. The predicted octanol–water partition coefficient (Wildman–Crippen LogP) is 4.64. The number of rotatable bonds is 3. The SMILES string of the molecule is Cc1ccc2c(c1)c1c(n2CCc2ccc(C)nc2)C[C@H]2CC[C@@H]1N2C(=O)O. The van der Waals surface area contributed by atoms with E-state index in [9.17, 15) is 9.90 Å². The summed E-state index contributed by atoms with van der Waals surface area (Å²) in [5, 5.41) is 11.0. The van der Waals surface area contributed by atoms with E-state index in [0.29, 0.717) is 0 Å². The Bertz CT molecular complexity index is 1070. The third kappa shape index (κ3) is 2.60. The molecule has 1 fully saturated rings. The second kappa shape index (κ2) is 6.36. The Morgan fingerprint density at radius 3 is 2.82 bits per heavy atom. The molecule has 0 radical (unpaired) electrons. The average molecular weight is 375 g/mol. The van der Waals surface area contributed by atoms with E-state index in [1.165, 1.54) is 33.3 Å². The van der Waals surface area contributed by atoms with Gasteiger partial charge in [0.1, 0.15) is 0 Å². The van der Waals surface area contributed by atoms with Crippen LogP contribution in [0.3, 0.4) is 0 Å². The first-order valence-corrected chi connectivity index (χ1v) is 10.1. The molecule has 0 saturated carbocycles. The summed E-state index contributed by atoms with van der Waals surface area (Å²) < 4.78 is 2.44. The lowest BCUT2D eigenvalue weighted by atomic mass is 9.96. The number of nitrogens with zero attached hydrogens (tertiary/aromatic N) is 3. The van der Waals surface area contributed by atoms with Gasteiger partial charge >= 0.3 is 6.09 Å². The molecular weight excluding hydrogens is 350 g/mol. The zero-order valence-electron chi connectivity index (χ0n) is 16.4. The van der Waals surface area contributed by atoms with Crippen LogP contribution in [0.4, 0.5) is 4.79 Å². The Morgan fingerprint density at radius 2 is 2.07 bits per heavy atom. The third-order valence-corrected chi connectivity index (χ3v) is 6.45. The fraction of sp³-hybridized carbons (Fsp3) is 0.391. The van der Waals surface area contributed by atoms with Gasteiger partial charge in [0.25, 0.3) is 0 Å². The summed E-state index contributed by atoms with van der Waals surface area (Å²) >= 11 is 0. The minimum atomic E-state index is -0.780. The fourth-order valence-corrected chi connectivity index (χ4v) is 5.16. The van der Waals surface area contributed by atoms with Crippen LogP contribution >= 0.6 is 0 Å². The lowest BCUT2D eigenvalue weighted by Crippen LogP contribution is -2.41. The molecule has 1 aromatic carbocycles. The van der Waals surface area contributed by atoms with Crippen LogP contribution in [0.1, 0.15) is 47.0 Å². The number of benzene rings is 1. The lowest BCUT2D eigenvalue weighted by molar-refractivity contribution is 0.116. The van der Waals surface area contributed by atoms with Crippen molar-refractivity contribution in [1.29, 1.82) is 0 Å². The molecule has 0 spiro atoms. The van der Waals surface area contributed by atoms with E-state index < -0.39 is 6.09 Å². The van der Waals surface area contributed by atoms with Crippen LogP contribution in [0.15, 0.2) is 36.5 Å². The number of amides is 1. The molecule has 5 nitrogen and oxygen atoms in total. The van der Waals surface area contributed by atoms with Gasteiger partial charge in [-0.2, -0.15) is 0 Å².